The average Bonchev–Trinajstić information content (AvgIpc) is 3.07. The molecular formula is C25H19ClN2O4S. The number of rotatable bonds is 6. The number of amides is 3. The molecule has 1 saturated heterocycles. The number of carbonyl (C=O) groups excluding carboxylic acids is 3. The van der Waals surface area contributed by atoms with Gasteiger partial charge < -0.3 is 10.1 Å². The highest BCUT2D eigenvalue weighted by molar-refractivity contribution is 8.19. The van der Waals surface area contributed by atoms with Crippen LogP contribution in [-0.4, -0.2) is 17.1 Å². The Kier molecular flexibility index (Phi) is 6.82. The van der Waals surface area contributed by atoms with E-state index in [2.05, 4.69) is 5.32 Å². The summed E-state index contributed by atoms with van der Waals surface area (Å²) in [5, 5.41) is 2.87. The predicted octanol–water partition coefficient (Wildman–Crippen LogP) is 6.12. The highest BCUT2D eigenvalue weighted by Gasteiger charge is 2.36. The molecular weight excluding hydrogens is 460 g/mol. The summed E-state index contributed by atoms with van der Waals surface area (Å²) in [6, 6.07) is 21.2. The quantitative estimate of drug-likeness (QED) is 0.432. The van der Waals surface area contributed by atoms with Crippen LogP contribution in [0, 0.1) is 0 Å². The lowest BCUT2D eigenvalue weighted by atomic mass is 10.1. The van der Waals surface area contributed by atoms with Crippen LogP contribution >= 0.6 is 23.4 Å². The molecule has 0 unspecified atom stereocenters. The number of hydrogen-bond donors (Lipinski definition) is 1. The minimum absolute atomic E-state index is 0.202. The summed E-state index contributed by atoms with van der Waals surface area (Å²) < 4.78 is 5.95. The fourth-order valence-electron chi connectivity index (χ4n) is 3.23. The lowest BCUT2D eigenvalue weighted by molar-refractivity contribution is -0.114. The van der Waals surface area contributed by atoms with Crippen molar-refractivity contribution in [3.63, 3.8) is 0 Å². The summed E-state index contributed by atoms with van der Waals surface area (Å²) in [6.45, 7) is 1.68. The standard InChI is InChI=1S/C25H19ClN2O4S/c1-16(29)27-19-10-12-20(13-11-19)28-24(30)23(33-25(28)31)14-17-6-3-5-9-22(17)32-15-18-7-2-4-8-21(18)26/h2-14H,15H2,1H3,(H,27,29)/b23-14-. The first kappa shape index (κ1) is 22.6. The Balaban J connectivity index is 1.54. The van der Waals surface area contributed by atoms with Gasteiger partial charge in [0.15, 0.2) is 0 Å². The smallest absolute Gasteiger partial charge is 0.298 e. The predicted molar refractivity (Wildman–Crippen MR) is 131 cm³/mol. The first-order valence-corrected chi connectivity index (χ1v) is 11.2. The molecule has 0 aliphatic carbocycles. The Bertz CT molecular complexity index is 1260. The Morgan fingerprint density at radius 3 is 2.45 bits per heavy atom. The lowest BCUT2D eigenvalue weighted by Gasteiger charge is -2.13. The number of carbonyl (C=O) groups is 3. The fourth-order valence-corrected chi connectivity index (χ4v) is 4.25. The SMILES string of the molecule is CC(=O)Nc1ccc(N2C(=O)S/C(=C\c3ccccc3OCc3ccccc3Cl)C2=O)cc1. The molecule has 8 heteroatoms. The largest absolute Gasteiger partial charge is 0.488 e. The Labute approximate surface area is 200 Å². The van der Waals surface area contributed by atoms with E-state index in [0.29, 0.717) is 32.6 Å². The topological polar surface area (TPSA) is 75.7 Å². The molecule has 166 valence electrons. The highest BCUT2D eigenvalue weighted by Crippen LogP contribution is 2.37. The van der Waals surface area contributed by atoms with Crippen LogP contribution in [0.4, 0.5) is 16.2 Å². The normalized spacial score (nSPS) is 14.6. The monoisotopic (exact) mass is 478 g/mol. The zero-order chi connectivity index (χ0) is 23.4. The maximum Gasteiger partial charge on any atom is 0.298 e. The molecule has 3 aromatic rings. The van der Waals surface area contributed by atoms with Crippen LogP contribution in [0.5, 0.6) is 5.75 Å². The summed E-state index contributed by atoms with van der Waals surface area (Å²) >= 11 is 7.07. The van der Waals surface area contributed by atoms with E-state index in [1.165, 1.54) is 6.92 Å². The van der Waals surface area contributed by atoms with E-state index in [0.717, 1.165) is 22.2 Å². The maximum absolute atomic E-state index is 13.0. The van der Waals surface area contributed by atoms with Crippen molar-refractivity contribution in [2.45, 2.75) is 13.5 Å². The minimum Gasteiger partial charge on any atom is -0.488 e. The van der Waals surface area contributed by atoms with Crippen molar-refractivity contribution in [2.75, 3.05) is 10.2 Å². The third-order valence-corrected chi connectivity index (χ3v) is 6.02. The molecule has 0 aromatic heterocycles. The van der Waals surface area contributed by atoms with Gasteiger partial charge in [0.05, 0.1) is 10.6 Å². The van der Waals surface area contributed by atoms with Crippen LogP contribution in [0.15, 0.2) is 77.7 Å². The molecule has 0 atom stereocenters. The number of benzene rings is 3. The van der Waals surface area contributed by atoms with Crippen LogP contribution in [0.3, 0.4) is 0 Å². The van der Waals surface area contributed by atoms with Crippen LogP contribution in [0.1, 0.15) is 18.1 Å². The van der Waals surface area contributed by atoms with Crippen molar-refractivity contribution >= 4 is 57.9 Å². The molecule has 3 aromatic carbocycles. The number of ether oxygens (including phenoxy) is 1. The molecule has 1 aliphatic rings. The Morgan fingerprint density at radius 2 is 1.73 bits per heavy atom. The van der Waals surface area contributed by atoms with Gasteiger partial charge in [-0.25, -0.2) is 4.90 Å². The molecule has 0 bridgehead atoms. The van der Waals surface area contributed by atoms with Gasteiger partial charge in [0.25, 0.3) is 11.1 Å². The second-order valence-electron chi connectivity index (χ2n) is 7.16. The molecule has 1 heterocycles. The fraction of sp³-hybridized carbons (Fsp3) is 0.0800. The van der Waals surface area contributed by atoms with E-state index in [1.807, 2.05) is 36.4 Å². The van der Waals surface area contributed by atoms with Gasteiger partial charge in [0.2, 0.25) is 5.91 Å². The van der Waals surface area contributed by atoms with E-state index < -0.39 is 11.1 Å². The molecule has 4 rings (SSSR count). The molecule has 0 saturated carbocycles. The number of thioether (sulfide) groups is 1. The van der Waals surface area contributed by atoms with E-state index in [9.17, 15) is 14.4 Å². The van der Waals surface area contributed by atoms with E-state index >= 15 is 0 Å². The van der Waals surface area contributed by atoms with Gasteiger partial charge in [-0.2, -0.15) is 0 Å². The number of nitrogens with zero attached hydrogens (tertiary/aromatic N) is 1. The number of imide groups is 1. The van der Waals surface area contributed by atoms with Crippen LogP contribution < -0.4 is 15.0 Å². The van der Waals surface area contributed by atoms with Gasteiger partial charge in [0, 0.05) is 28.8 Å². The van der Waals surface area contributed by atoms with Crippen LogP contribution in [0.2, 0.25) is 5.02 Å². The third-order valence-electron chi connectivity index (χ3n) is 4.79. The molecule has 3 amide bonds. The molecule has 33 heavy (non-hydrogen) atoms. The highest BCUT2D eigenvalue weighted by atomic mass is 35.5. The third kappa shape index (κ3) is 5.27. The van der Waals surface area contributed by atoms with Crippen molar-refractivity contribution in [3.8, 4) is 5.75 Å². The molecule has 0 spiro atoms. The summed E-state index contributed by atoms with van der Waals surface area (Å²) in [6.07, 6.45) is 1.65. The molecule has 1 fully saturated rings. The maximum atomic E-state index is 13.0. The van der Waals surface area contributed by atoms with Gasteiger partial charge >= 0.3 is 0 Å². The van der Waals surface area contributed by atoms with Crippen molar-refractivity contribution in [1.82, 2.24) is 0 Å². The summed E-state index contributed by atoms with van der Waals surface area (Å²) in [5.74, 6) is -0.0469. The van der Waals surface area contributed by atoms with Crippen molar-refractivity contribution in [1.29, 1.82) is 0 Å². The minimum atomic E-state index is -0.418. The van der Waals surface area contributed by atoms with Gasteiger partial charge in [-0.15, -0.1) is 0 Å². The van der Waals surface area contributed by atoms with Crippen molar-refractivity contribution in [2.24, 2.45) is 0 Å². The van der Waals surface area contributed by atoms with Gasteiger partial charge in [-0.1, -0.05) is 48.0 Å². The second kappa shape index (κ2) is 9.94. The van der Waals surface area contributed by atoms with Crippen molar-refractivity contribution < 1.29 is 19.1 Å². The number of halogens is 1. The van der Waals surface area contributed by atoms with Crippen molar-refractivity contribution in [3.05, 3.63) is 93.9 Å². The van der Waals surface area contributed by atoms with Gasteiger partial charge in [-0.3, -0.25) is 14.4 Å². The first-order valence-electron chi connectivity index (χ1n) is 10.0. The molecule has 1 N–H and O–H groups in total. The Hall–Kier alpha value is -3.55. The number of anilines is 2. The van der Waals surface area contributed by atoms with Gasteiger partial charge in [-0.05, 0) is 54.2 Å². The number of hydrogen-bond acceptors (Lipinski definition) is 5. The number of nitrogens with one attached hydrogen (secondary N) is 1. The van der Waals surface area contributed by atoms with Crippen LogP contribution in [0.25, 0.3) is 6.08 Å². The van der Waals surface area contributed by atoms with E-state index in [-0.39, 0.29) is 12.5 Å². The second-order valence-corrected chi connectivity index (χ2v) is 8.56. The molecule has 0 radical (unpaired) electrons. The summed E-state index contributed by atoms with van der Waals surface area (Å²) in [7, 11) is 0. The molecule has 6 nitrogen and oxygen atoms in total. The Morgan fingerprint density at radius 1 is 1.03 bits per heavy atom. The van der Waals surface area contributed by atoms with Crippen LogP contribution in [-0.2, 0) is 16.2 Å². The number of para-hydroxylation sites is 1. The zero-order valence-electron chi connectivity index (χ0n) is 17.6. The summed E-state index contributed by atoms with van der Waals surface area (Å²) in [5.41, 5.74) is 2.53. The molecule has 1 aliphatic heterocycles. The first-order chi connectivity index (χ1) is 15.9. The average molecular weight is 479 g/mol. The van der Waals surface area contributed by atoms with E-state index in [4.69, 9.17) is 16.3 Å². The summed E-state index contributed by atoms with van der Waals surface area (Å²) in [4.78, 5) is 38.2. The van der Waals surface area contributed by atoms with Gasteiger partial charge in [0.1, 0.15) is 12.4 Å². The van der Waals surface area contributed by atoms with E-state index in [1.54, 1.807) is 42.5 Å². The lowest BCUT2D eigenvalue weighted by Crippen LogP contribution is -2.27. The zero-order valence-corrected chi connectivity index (χ0v) is 19.2.